The van der Waals surface area contributed by atoms with Gasteiger partial charge in [-0.25, -0.2) is 9.97 Å². The molecule has 4 aromatic rings. The predicted octanol–water partition coefficient (Wildman–Crippen LogP) is 5.30. The number of anilines is 2. The maximum atomic E-state index is 6.20. The molecule has 0 spiro atoms. The number of nitrogens with zero attached hydrogens (tertiary/aromatic N) is 4. The van der Waals surface area contributed by atoms with Crippen LogP contribution in [0.5, 0.6) is 0 Å². The molecule has 30 heavy (non-hydrogen) atoms. The Balaban J connectivity index is 0.00000218. The molecule has 2 aromatic carbocycles. The number of benzene rings is 2. The number of para-hydroxylation sites is 1. The first kappa shape index (κ1) is 20.5. The summed E-state index contributed by atoms with van der Waals surface area (Å²) in [7, 11) is 0. The van der Waals surface area contributed by atoms with Gasteiger partial charge in [0.1, 0.15) is 16.9 Å². The van der Waals surface area contributed by atoms with Crippen molar-refractivity contribution in [2.45, 2.75) is 27.2 Å². The Morgan fingerprint density at radius 1 is 0.900 bits per heavy atom. The van der Waals surface area contributed by atoms with Gasteiger partial charge in [0.15, 0.2) is 11.4 Å². The van der Waals surface area contributed by atoms with Gasteiger partial charge in [-0.05, 0) is 43.2 Å². The second-order valence-corrected chi connectivity index (χ2v) is 7.79. The van der Waals surface area contributed by atoms with E-state index in [1.807, 2.05) is 18.2 Å². The molecule has 1 aliphatic heterocycles. The Morgan fingerprint density at radius 3 is 2.40 bits per heavy atom. The quantitative estimate of drug-likeness (QED) is 0.448. The van der Waals surface area contributed by atoms with E-state index in [4.69, 9.17) is 14.4 Å². The van der Waals surface area contributed by atoms with Crippen molar-refractivity contribution >= 4 is 46.0 Å². The molecule has 0 unspecified atom stereocenters. The normalized spacial score (nSPS) is 14.4. The first-order valence-corrected chi connectivity index (χ1v) is 10.4. The van der Waals surface area contributed by atoms with Crippen LogP contribution in [0.15, 0.2) is 46.9 Å². The number of rotatable bonds is 3. The summed E-state index contributed by atoms with van der Waals surface area (Å²) >= 11 is 0. The summed E-state index contributed by atoms with van der Waals surface area (Å²) in [4.78, 5) is 14.5. The number of aromatic nitrogens is 2. The summed E-state index contributed by atoms with van der Waals surface area (Å²) < 4.78 is 6.20. The summed E-state index contributed by atoms with van der Waals surface area (Å²) in [5, 5.41) is 1.06. The number of halogens is 1. The fraction of sp³-hybridized carbons (Fsp3) is 0.333. The fourth-order valence-electron chi connectivity index (χ4n) is 4.23. The molecule has 1 saturated heterocycles. The van der Waals surface area contributed by atoms with E-state index >= 15 is 0 Å². The van der Waals surface area contributed by atoms with Gasteiger partial charge in [-0.1, -0.05) is 31.2 Å². The van der Waals surface area contributed by atoms with E-state index in [0.29, 0.717) is 0 Å². The third-order valence-corrected chi connectivity index (χ3v) is 6.06. The second-order valence-electron chi connectivity index (χ2n) is 7.79. The predicted molar refractivity (Wildman–Crippen MR) is 126 cm³/mol. The monoisotopic (exact) mass is 422 g/mol. The van der Waals surface area contributed by atoms with Gasteiger partial charge in [-0.2, -0.15) is 0 Å². The van der Waals surface area contributed by atoms with E-state index in [1.54, 1.807) is 0 Å². The molecule has 156 valence electrons. The highest BCUT2D eigenvalue weighted by Gasteiger charge is 2.24. The molecule has 1 fully saturated rings. The van der Waals surface area contributed by atoms with Crippen molar-refractivity contribution in [3.05, 3.63) is 59.4 Å². The first-order valence-electron chi connectivity index (χ1n) is 10.4. The van der Waals surface area contributed by atoms with Gasteiger partial charge in [-0.3, -0.25) is 0 Å². The lowest BCUT2D eigenvalue weighted by molar-refractivity contribution is 0.626. The zero-order valence-electron chi connectivity index (χ0n) is 17.7. The van der Waals surface area contributed by atoms with Crippen LogP contribution < -0.4 is 9.80 Å². The number of hydrogen-bond donors (Lipinski definition) is 0. The van der Waals surface area contributed by atoms with Crippen LogP contribution in [0.25, 0.3) is 22.1 Å². The molecule has 0 aliphatic carbocycles. The molecule has 1 aliphatic rings. The largest absolute Gasteiger partial charge is 0.450 e. The van der Waals surface area contributed by atoms with Crippen LogP contribution in [0.2, 0.25) is 0 Å². The molecule has 6 heteroatoms. The molecule has 0 atom stereocenters. The maximum absolute atomic E-state index is 6.20. The smallest absolute Gasteiger partial charge is 0.196 e. The number of fused-ring (bicyclic) bond motifs is 3. The van der Waals surface area contributed by atoms with Gasteiger partial charge >= 0.3 is 0 Å². The Morgan fingerprint density at radius 2 is 1.63 bits per heavy atom. The van der Waals surface area contributed by atoms with E-state index in [0.717, 1.165) is 66.3 Å². The van der Waals surface area contributed by atoms with E-state index in [9.17, 15) is 0 Å². The minimum Gasteiger partial charge on any atom is -0.450 e. The Kier molecular flexibility index (Phi) is 5.56. The van der Waals surface area contributed by atoms with Crippen molar-refractivity contribution in [1.29, 1.82) is 0 Å². The summed E-state index contributed by atoms with van der Waals surface area (Å²) in [5.41, 5.74) is 6.67. The highest BCUT2D eigenvalue weighted by atomic mass is 35.5. The van der Waals surface area contributed by atoms with Crippen LogP contribution in [0.4, 0.5) is 11.5 Å². The van der Waals surface area contributed by atoms with Crippen LogP contribution in [0.1, 0.15) is 23.9 Å². The molecule has 0 bridgehead atoms. The zero-order valence-corrected chi connectivity index (χ0v) is 18.5. The van der Waals surface area contributed by atoms with Gasteiger partial charge in [0, 0.05) is 43.7 Å². The second kappa shape index (κ2) is 8.15. The van der Waals surface area contributed by atoms with Crippen molar-refractivity contribution in [1.82, 2.24) is 9.97 Å². The van der Waals surface area contributed by atoms with Gasteiger partial charge in [0.25, 0.3) is 0 Å². The van der Waals surface area contributed by atoms with E-state index < -0.39 is 0 Å². The number of piperazine rings is 1. The summed E-state index contributed by atoms with van der Waals surface area (Å²) in [6.07, 6.45) is 0.810. The molecule has 0 amide bonds. The molecule has 0 N–H and O–H groups in total. The molecule has 2 aromatic heterocycles. The SMILES string of the molecule is CCc1nc(N2CCN(c3cccc(C)c3C)CC2)c2oc3ccccc3c2n1.Cl. The van der Waals surface area contributed by atoms with Crippen molar-refractivity contribution in [3.8, 4) is 0 Å². The number of furan rings is 1. The molecule has 5 rings (SSSR count). The van der Waals surface area contributed by atoms with Crippen molar-refractivity contribution < 1.29 is 4.42 Å². The third kappa shape index (κ3) is 3.37. The first-order chi connectivity index (χ1) is 14.2. The molecular formula is C24H27ClN4O. The minimum absolute atomic E-state index is 0. The van der Waals surface area contributed by atoms with Crippen molar-refractivity contribution in [2.75, 3.05) is 36.0 Å². The van der Waals surface area contributed by atoms with Gasteiger partial charge in [0.05, 0.1) is 0 Å². The highest BCUT2D eigenvalue weighted by Crippen LogP contribution is 2.34. The van der Waals surface area contributed by atoms with Gasteiger partial charge in [0.2, 0.25) is 0 Å². The third-order valence-electron chi connectivity index (χ3n) is 6.06. The Bertz CT molecular complexity index is 1190. The average molecular weight is 423 g/mol. The van der Waals surface area contributed by atoms with E-state index in [1.165, 1.54) is 16.8 Å². The maximum Gasteiger partial charge on any atom is 0.196 e. The lowest BCUT2D eigenvalue weighted by atomic mass is 10.1. The van der Waals surface area contributed by atoms with E-state index in [-0.39, 0.29) is 12.4 Å². The molecular weight excluding hydrogens is 396 g/mol. The lowest BCUT2D eigenvalue weighted by Crippen LogP contribution is -2.47. The van der Waals surface area contributed by atoms with Crippen molar-refractivity contribution in [2.24, 2.45) is 0 Å². The van der Waals surface area contributed by atoms with E-state index in [2.05, 4.69) is 54.8 Å². The summed E-state index contributed by atoms with van der Waals surface area (Å²) in [5.74, 6) is 1.81. The van der Waals surface area contributed by atoms with Crippen LogP contribution in [-0.4, -0.2) is 36.1 Å². The molecule has 0 radical (unpaired) electrons. The highest BCUT2D eigenvalue weighted by molar-refractivity contribution is 6.05. The van der Waals surface area contributed by atoms with Gasteiger partial charge in [-0.15, -0.1) is 12.4 Å². The van der Waals surface area contributed by atoms with Crippen LogP contribution in [-0.2, 0) is 6.42 Å². The Hall–Kier alpha value is -2.79. The molecule has 0 saturated carbocycles. The summed E-state index contributed by atoms with van der Waals surface area (Å²) in [6, 6.07) is 14.7. The number of hydrogen-bond acceptors (Lipinski definition) is 5. The minimum atomic E-state index is 0. The van der Waals surface area contributed by atoms with Crippen LogP contribution >= 0.6 is 12.4 Å². The Labute approximate surface area is 183 Å². The standard InChI is InChI=1S/C24H26N4O.ClH/c1-4-21-25-22-18-9-5-6-11-20(18)29-23(22)24(26-21)28-14-12-27(13-15-28)19-10-7-8-16(2)17(19)3;/h5-11H,4,12-15H2,1-3H3;1H. The van der Waals surface area contributed by atoms with Crippen LogP contribution in [0.3, 0.4) is 0 Å². The molecule has 5 nitrogen and oxygen atoms in total. The summed E-state index contributed by atoms with van der Waals surface area (Å²) in [6.45, 7) is 10.3. The fourth-order valence-corrected chi connectivity index (χ4v) is 4.23. The molecule has 3 heterocycles. The number of aryl methyl sites for hydroxylation is 2. The van der Waals surface area contributed by atoms with Crippen molar-refractivity contribution in [3.63, 3.8) is 0 Å². The zero-order chi connectivity index (χ0) is 20.0. The lowest BCUT2D eigenvalue weighted by Gasteiger charge is -2.37. The van der Waals surface area contributed by atoms with Crippen LogP contribution in [0, 0.1) is 13.8 Å². The van der Waals surface area contributed by atoms with Gasteiger partial charge < -0.3 is 14.2 Å². The topological polar surface area (TPSA) is 45.4 Å². The average Bonchev–Trinajstić information content (AvgIpc) is 3.14.